The molecular formula is C19H24N2O4. The van der Waals surface area contributed by atoms with Crippen molar-refractivity contribution in [3.63, 3.8) is 0 Å². The molecule has 0 spiro atoms. The van der Waals surface area contributed by atoms with Gasteiger partial charge in [0.2, 0.25) is 5.75 Å². The standard InChI is InChI=1S/C19H24N2O4/c1-23-16-10-9-13(17(24-2)18(16)25-3)11-14(12-20)19(22)21-15-7-5-4-6-8-15/h9-11,15H,4-8H2,1-3H3,(H,21,22)/b14-11+. The average molecular weight is 344 g/mol. The van der Waals surface area contributed by atoms with Crippen molar-refractivity contribution in [2.24, 2.45) is 0 Å². The SMILES string of the molecule is COc1ccc(/C=C(\C#N)C(=O)NC2CCCCC2)c(OC)c1OC. The van der Waals surface area contributed by atoms with Crippen molar-refractivity contribution in [3.05, 3.63) is 23.3 Å². The summed E-state index contributed by atoms with van der Waals surface area (Å²) < 4.78 is 16.0. The second kappa shape index (κ2) is 8.97. The van der Waals surface area contributed by atoms with Crippen LogP contribution in [0.2, 0.25) is 0 Å². The zero-order chi connectivity index (χ0) is 18.2. The van der Waals surface area contributed by atoms with Crippen LogP contribution in [0.25, 0.3) is 6.08 Å². The molecular weight excluding hydrogens is 320 g/mol. The highest BCUT2D eigenvalue weighted by atomic mass is 16.5. The monoisotopic (exact) mass is 344 g/mol. The molecule has 1 aromatic carbocycles. The van der Waals surface area contributed by atoms with Crippen LogP contribution in [-0.4, -0.2) is 33.3 Å². The van der Waals surface area contributed by atoms with E-state index in [0.717, 1.165) is 25.7 Å². The number of amides is 1. The lowest BCUT2D eigenvalue weighted by molar-refractivity contribution is -0.117. The number of rotatable bonds is 6. The molecule has 0 bridgehead atoms. The average Bonchev–Trinajstić information content (AvgIpc) is 2.65. The predicted octanol–water partition coefficient (Wildman–Crippen LogP) is 3.07. The van der Waals surface area contributed by atoms with Gasteiger partial charge in [0, 0.05) is 11.6 Å². The quantitative estimate of drug-likeness (QED) is 0.634. The van der Waals surface area contributed by atoms with Gasteiger partial charge in [-0.2, -0.15) is 5.26 Å². The van der Waals surface area contributed by atoms with Gasteiger partial charge < -0.3 is 19.5 Å². The first-order valence-electron chi connectivity index (χ1n) is 8.36. The Labute approximate surface area is 148 Å². The summed E-state index contributed by atoms with van der Waals surface area (Å²) in [6.45, 7) is 0. The third-order valence-electron chi connectivity index (χ3n) is 4.34. The van der Waals surface area contributed by atoms with Crippen molar-refractivity contribution < 1.29 is 19.0 Å². The molecule has 2 rings (SSSR count). The Balaban J connectivity index is 2.29. The molecule has 0 unspecified atom stereocenters. The molecule has 1 fully saturated rings. The van der Waals surface area contributed by atoms with E-state index in [9.17, 15) is 10.1 Å². The lowest BCUT2D eigenvalue weighted by Crippen LogP contribution is -2.36. The number of hydrogen-bond donors (Lipinski definition) is 1. The summed E-state index contributed by atoms with van der Waals surface area (Å²) in [5.41, 5.74) is 0.617. The second-order valence-electron chi connectivity index (χ2n) is 5.90. The summed E-state index contributed by atoms with van der Waals surface area (Å²) in [4.78, 5) is 12.4. The third kappa shape index (κ3) is 4.44. The lowest BCUT2D eigenvalue weighted by Gasteiger charge is -2.22. The molecule has 1 aromatic rings. The first kappa shape index (κ1) is 18.7. The maximum absolute atomic E-state index is 12.4. The van der Waals surface area contributed by atoms with Crippen molar-refractivity contribution in [2.45, 2.75) is 38.1 Å². The van der Waals surface area contributed by atoms with Gasteiger partial charge in [-0.15, -0.1) is 0 Å². The van der Waals surface area contributed by atoms with E-state index in [0.29, 0.717) is 22.8 Å². The summed E-state index contributed by atoms with van der Waals surface area (Å²) in [5, 5.41) is 12.4. The highest BCUT2D eigenvalue weighted by molar-refractivity contribution is 6.02. The predicted molar refractivity (Wildman–Crippen MR) is 94.7 cm³/mol. The fourth-order valence-corrected chi connectivity index (χ4v) is 3.05. The molecule has 25 heavy (non-hydrogen) atoms. The largest absolute Gasteiger partial charge is 0.493 e. The molecule has 134 valence electrons. The van der Waals surface area contributed by atoms with Crippen LogP contribution in [0.4, 0.5) is 0 Å². The van der Waals surface area contributed by atoms with Crippen molar-refractivity contribution in [1.29, 1.82) is 5.26 Å². The zero-order valence-electron chi connectivity index (χ0n) is 14.9. The van der Waals surface area contributed by atoms with Crippen LogP contribution in [0, 0.1) is 11.3 Å². The minimum atomic E-state index is -0.355. The van der Waals surface area contributed by atoms with Crippen LogP contribution in [0.3, 0.4) is 0 Å². The van der Waals surface area contributed by atoms with Crippen LogP contribution in [0.5, 0.6) is 17.2 Å². The maximum Gasteiger partial charge on any atom is 0.262 e. The van der Waals surface area contributed by atoms with Crippen molar-refractivity contribution >= 4 is 12.0 Å². The molecule has 0 heterocycles. The summed E-state index contributed by atoms with van der Waals surface area (Å²) in [6.07, 6.45) is 6.86. The fourth-order valence-electron chi connectivity index (χ4n) is 3.05. The first-order chi connectivity index (χ1) is 12.1. The van der Waals surface area contributed by atoms with E-state index in [1.807, 2.05) is 6.07 Å². The van der Waals surface area contributed by atoms with Gasteiger partial charge in [-0.3, -0.25) is 4.79 Å². The van der Waals surface area contributed by atoms with Crippen LogP contribution in [-0.2, 0) is 4.79 Å². The Morgan fingerprint density at radius 3 is 2.36 bits per heavy atom. The van der Waals surface area contributed by atoms with E-state index in [1.165, 1.54) is 33.8 Å². The molecule has 6 heteroatoms. The lowest BCUT2D eigenvalue weighted by atomic mass is 9.95. The molecule has 1 aliphatic rings. The van der Waals surface area contributed by atoms with Crippen molar-refractivity contribution in [3.8, 4) is 23.3 Å². The molecule has 1 aliphatic carbocycles. The second-order valence-corrected chi connectivity index (χ2v) is 5.90. The number of benzene rings is 1. The molecule has 0 saturated heterocycles. The number of ether oxygens (including phenoxy) is 3. The Kier molecular flexibility index (Phi) is 6.70. The number of methoxy groups -OCH3 is 3. The molecule has 0 aliphatic heterocycles. The molecule has 6 nitrogen and oxygen atoms in total. The van der Waals surface area contributed by atoms with Gasteiger partial charge in [0.1, 0.15) is 11.6 Å². The van der Waals surface area contributed by atoms with E-state index >= 15 is 0 Å². The van der Waals surface area contributed by atoms with Crippen LogP contribution >= 0.6 is 0 Å². The van der Waals surface area contributed by atoms with Crippen LogP contribution in [0.15, 0.2) is 17.7 Å². The van der Waals surface area contributed by atoms with E-state index in [1.54, 1.807) is 12.1 Å². The molecule has 0 aromatic heterocycles. The minimum absolute atomic E-state index is 0.0380. The van der Waals surface area contributed by atoms with Crippen molar-refractivity contribution in [2.75, 3.05) is 21.3 Å². The van der Waals surface area contributed by atoms with E-state index < -0.39 is 0 Å². The summed E-state index contributed by atoms with van der Waals surface area (Å²) >= 11 is 0. The van der Waals surface area contributed by atoms with Gasteiger partial charge in [-0.1, -0.05) is 19.3 Å². The Hall–Kier alpha value is -2.68. The number of nitrogens with zero attached hydrogens (tertiary/aromatic N) is 1. The Bertz CT molecular complexity index is 685. The van der Waals surface area contributed by atoms with Gasteiger partial charge >= 0.3 is 0 Å². The van der Waals surface area contributed by atoms with Crippen LogP contribution in [0.1, 0.15) is 37.7 Å². The normalized spacial score (nSPS) is 15.2. The van der Waals surface area contributed by atoms with E-state index in [-0.39, 0.29) is 17.5 Å². The highest BCUT2D eigenvalue weighted by Gasteiger charge is 2.20. The van der Waals surface area contributed by atoms with Gasteiger partial charge in [-0.05, 0) is 31.1 Å². The summed E-state index contributed by atoms with van der Waals surface area (Å²) in [5.74, 6) is 0.997. The number of nitriles is 1. The summed E-state index contributed by atoms with van der Waals surface area (Å²) in [7, 11) is 4.54. The number of hydrogen-bond acceptors (Lipinski definition) is 5. The Morgan fingerprint density at radius 1 is 1.12 bits per heavy atom. The van der Waals surface area contributed by atoms with E-state index in [2.05, 4.69) is 5.32 Å². The molecule has 1 saturated carbocycles. The van der Waals surface area contributed by atoms with Gasteiger partial charge in [0.15, 0.2) is 11.5 Å². The molecule has 0 atom stereocenters. The topological polar surface area (TPSA) is 80.6 Å². The molecule has 1 N–H and O–H groups in total. The highest BCUT2D eigenvalue weighted by Crippen LogP contribution is 2.40. The number of carbonyl (C=O) groups is 1. The third-order valence-corrected chi connectivity index (χ3v) is 4.34. The zero-order valence-corrected chi connectivity index (χ0v) is 14.9. The minimum Gasteiger partial charge on any atom is -0.493 e. The summed E-state index contributed by atoms with van der Waals surface area (Å²) in [6, 6.07) is 5.56. The van der Waals surface area contributed by atoms with Crippen molar-refractivity contribution in [1.82, 2.24) is 5.32 Å². The first-order valence-corrected chi connectivity index (χ1v) is 8.36. The van der Waals surface area contributed by atoms with Crippen LogP contribution < -0.4 is 19.5 Å². The number of carbonyl (C=O) groups excluding carboxylic acids is 1. The fraction of sp³-hybridized carbons (Fsp3) is 0.474. The van der Waals surface area contributed by atoms with E-state index in [4.69, 9.17) is 14.2 Å². The van der Waals surface area contributed by atoms with Gasteiger partial charge in [0.05, 0.1) is 21.3 Å². The molecule has 0 radical (unpaired) electrons. The Morgan fingerprint density at radius 2 is 1.80 bits per heavy atom. The van der Waals surface area contributed by atoms with Gasteiger partial charge in [-0.25, -0.2) is 0 Å². The molecule has 1 amide bonds. The maximum atomic E-state index is 12.4. The number of nitrogens with one attached hydrogen (secondary N) is 1. The smallest absolute Gasteiger partial charge is 0.262 e. The van der Waals surface area contributed by atoms with Gasteiger partial charge in [0.25, 0.3) is 5.91 Å².